The van der Waals surface area contributed by atoms with E-state index in [0.717, 1.165) is 0 Å². The highest BCUT2D eigenvalue weighted by Gasteiger charge is 1.90. The van der Waals surface area contributed by atoms with Crippen molar-refractivity contribution in [2.45, 2.75) is 13.2 Å². The van der Waals surface area contributed by atoms with Crippen molar-refractivity contribution in [3.63, 3.8) is 0 Å². The van der Waals surface area contributed by atoms with Gasteiger partial charge in [0.2, 0.25) is 0 Å². The molecule has 0 aromatic heterocycles. The van der Waals surface area contributed by atoms with Gasteiger partial charge in [-0.05, 0) is 6.92 Å². The van der Waals surface area contributed by atoms with Gasteiger partial charge in [-0.15, -0.1) is 0 Å². The summed E-state index contributed by atoms with van der Waals surface area (Å²) in [4.78, 5) is 0. The predicted octanol–water partition coefficient (Wildman–Crippen LogP) is -0.482. The fourth-order valence-electron chi connectivity index (χ4n) is 0.212. The number of rotatable bonds is 3. The van der Waals surface area contributed by atoms with Gasteiger partial charge in [0.15, 0.2) is 0 Å². The molecule has 0 bridgehead atoms. The van der Waals surface area contributed by atoms with Crippen LogP contribution in [-0.4, -0.2) is 25.2 Å². The number of nitrogens with one attached hydrogen (secondary N) is 1. The molecule has 0 aromatic rings. The molecule has 0 heterocycles. The maximum Gasteiger partial charge on any atom is 0.106 e. The van der Waals surface area contributed by atoms with Crippen molar-refractivity contribution in [2.75, 3.05) is 13.8 Å². The largest absolute Gasteiger partial charge is 0.381 e. The van der Waals surface area contributed by atoms with Crippen molar-refractivity contribution in [3.8, 4) is 0 Å². The number of aliphatic hydroxyl groups is 1. The van der Waals surface area contributed by atoms with E-state index < -0.39 is 0 Å². The van der Waals surface area contributed by atoms with Crippen LogP contribution < -0.4 is 5.32 Å². The van der Waals surface area contributed by atoms with Gasteiger partial charge < -0.3 is 9.84 Å². The average Bonchev–Trinajstić information content (AvgIpc) is 1.68. The second-order valence-electron chi connectivity index (χ2n) is 1.24. The smallest absolute Gasteiger partial charge is 0.106 e. The Kier molecular flexibility index (Phi) is 3.98. The molecule has 0 aliphatic heterocycles. The van der Waals surface area contributed by atoms with Crippen LogP contribution in [0.2, 0.25) is 0 Å². The molecule has 0 rings (SSSR count). The van der Waals surface area contributed by atoms with E-state index in [0.29, 0.717) is 0 Å². The molecule has 0 saturated heterocycles. The predicted molar refractivity (Wildman–Crippen MR) is 26.7 cm³/mol. The minimum absolute atomic E-state index is 0.0327. The number of aliphatic hydroxyl groups excluding tert-OH is 1. The van der Waals surface area contributed by atoms with E-state index >= 15 is 0 Å². The van der Waals surface area contributed by atoms with Crippen LogP contribution in [0.3, 0.4) is 0 Å². The summed E-state index contributed by atoms with van der Waals surface area (Å²) in [5, 5.41) is 10.8. The highest BCUT2D eigenvalue weighted by atomic mass is 16.5. The summed E-state index contributed by atoms with van der Waals surface area (Å²) in [6, 6.07) is 0. The van der Waals surface area contributed by atoms with Crippen molar-refractivity contribution in [3.05, 3.63) is 0 Å². The van der Waals surface area contributed by atoms with Crippen LogP contribution in [0.4, 0.5) is 0 Å². The highest BCUT2D eigenvalue weighted by Crippen LogP contribution is 1.75. The lowest BCUT2D eigenvalue weighted by atomic mass is 10.7. The van der Waals surface area contributed by atoms with Crippen LogP contribution in [0.15, 0.2) is 0 Å². The topological polar surface area (TPSA) is 41.5 Å². The molecule has 1 unspecified atom stereocenters. The van der Waals surface area contributed by atoms with Gasteiger partial charge in [0.05, 0.1) is 6.73 Å². The Morgan fingerprint density at radius 2 is 2.43 bits per heavy atom. The summed E-state index contributed by atoms with van der Waals surface area (Å²) in [7, 11) is 1.58. The maximum absolute atomic E-state index is 8.18. The molecule has 3 heteroatoms. The quantitative estimate of drug-likeness (QED) is 0.476. The van der Waals surface area contributed by atoms with Gasteiger partial charge >= 0.3 is 0 Å². The summed E-state index contributed by atoms with van der Waals surface area (Å²) < 4.78 is 4.72. The second-order valence-corrected chi connectivity index (χ2v) is 1.24. The lowest BCUT2D eigenvalue weighted by molar-refractivity contribution is 0.0634. The number of hydrogen-bond acceptors (Lipinski definition) is 3. The third-order valence-electron chi connectivity index (χ3n) is 0.732. The van der Waals surface area contributed by atoms with Gasteiger partial charge in [-0.3, -0.25) is 5.32 Å². The zero-order valence-electron chi connectivity index (χ0n) is 4.64. The average molecular weight is 105 g/mol. The normalized spacial score (nSPS) is 14.1. The van der Waals surface area contributed by atoms with Gasteiger partial charge in [-0.1, -0.05) is 0 Å². The second kappa shape index (κ2) is 4.05. The fraction of sp³-hybridized carbons (Fsp3) is 1.00. The Labute approximate surface area is 43.3 Å². The molecule has 0 spiro atoms. The van der Waals surface area contributed by atoms with Crippen LogP contribution in [-0.2, 0) is 4.74 Å². The molecule has 3 nitrogen and oxygen atoms in total. The first kappa shape index (κ1) is 6.88. The lowest BCUT2D eigenvalue weighted by Gasteiger charge is -2.06. The van der Waals surface area contributed by atoms with Crippen molar-refractivity contribution in [1.82, 2.24) is 5.32 Å². The van der Waals surface area contributed by atoms with E-state index in [9.17, 15) is 0 Å². The number of hydrogen-bond donors (Lipinski definition) is 2. The molecule has 44 valence electrons. The molecule has 1 atom stereocenters. The summed E-state index contributed by atoms with van der Waals surface area (Å²) >= 11 is 0. The monoisotopic (exact) mass is 105 g/mol. The lowest BCUT2D eigenvalue weighted by Crippen LogP contribution is -2.27. The van der Waals surface area contributed by atoms with Gasteiger partial charge in [-0.25, -0.2) is 0 Å². The summed E-state index contributed by atoms with van der Waals surface area (Å²) in [5.41, 5.74) is 0. The van der Waals surface area contributed by atoms with Crippen molar-refractivity contribution in [1.29, 1.82) is 0 Å². The Morgan fingerprint density at radius 3 is 2.57 bits per heavy atom. The third kappa shape index (κ3) is 3.72. The first-order chi connectivity index (χ1) is 3.31. The first-order valence-corrected chi connectivity index (χ1v) is 2.18. The molecule has 0 radical (unpaired) electrons. The number of methoxy groups -OCH3 is 1. The highest BCUT2D eigenvalue weighted by molar-refractivity contribution is 4.36. The minimum atomic E-state index is -0.0509. The number of ether oxygens (including phenoxy) is 1. The fourth-order valence-corrected chi connectivity index (χ4v) is 0.212. The molecule has 0 fully saturated rings. The Hall–Kier alpha value is -0.120. The Morgan fingerprint density at radius 1 is 1.86 bits per heavy atom. The van der Waals surface area contributed by atoms with Crippen LogP contribution in [0.25, 0.3) is 0 Å². The van der Waals surface area contributed by atoms with E-state index in [4.69, 9.17) is 9.84 Å². The molecular weight excluding hydrogens is 94.0 g/mol. The van der Waals surface area contributed by atoms with Crippen LogP contribution in [0, 0.1) is 0 Å². The molecule has 0 aromatic carbocycles. The third-order valence-corrected chi connectivity index (χ3v) is 0.732. The summed E-state index contributed by atoms with van der Waals surface area (Å²) in [6.07, 6.45) is -0.0509. The van der Waals surface area contributed by atoms with Gasteiger partial charge in [0, 0.05) is 7.11 Å². The van der Waals surface area contributed by atoms with Crippen molar-refractivity contribution < 1.29 is 9.84 Å². The molecule has 2 N–H and O–H groups in total. The summed E-state index contributed by atoms with van der Waals surface area (Å²) in [5.74, 6) is 0. The van der Waals surface area contributed by atoms with Crippen molar-refractivity contribution in [2.24, 2.45) is 0 Å². The zero-order valence-corrected chi connectivity index (χ0v) is 4.64. The van der Waals surface area contributed by atoms with Crippen LogP contribution >= 0.6 is 0 Å². The standard InChI is InChI=1S/C4H11NO2/c1-4(7-2)5-3-6/h4-6H,3H2,1-2H3. The molecule has 0 aliphatic rings. The van der Waals surface area contributed by atoms with E-state index in [1.54, 1.807) is 7.11 Å². The maximum atomic E-state index is 8.18. The minimum Gasteiger partial charge on any atom is -0.381 e. The first-order valence-electron chi connectivity index (χ1n) is 2.18. The van der Waals surface area contributed by atoms with Gasteiger partial charge in [0.1, 0.15) is 6.23 Å². The molecule has 0 aliphatic carbocycles. The molecule has 0 amide bonds. The Bertz CT molecular complexity index is 40.7. The van der Waals surface area contributed by atoms with Crippen LogP contribution in [0.1, 0.15) is 6.92 Å². The van der Waals surface area contributed by atoms with Crippen molar-refractivity contribution >= 4 is 0 Å². The molecular formula is C4H11NO2. The zero-order chi connectivity index (χ0) is 5.70. The van der Waals surface area contributed by atoms with E-state index in [1.165, 1.54) is 0 Å². The summed E-state index contributed by atoms with van der Waals surface area (Å²) in [6.45, 7) is 1.78. The van der Waals surface area contributed by atoms with E-state index in [2.05, 4.69) is 5.32 Å². The van der Waals surface area contributed by atoms with Gasteiger partial charge in [-0.2, -0.15) is 0 Å². The molecule has 7 heavy (non-hydrogen) atoms. The van der Waals surface area contributed by atoms with E-state index in [1.807, 2.05) is 6.92 Å². The SMILES string of the molecule is COC(C)NCO. The van der Waals surface area contributed by atoms with Gasteiger partial charge in [0.25, 0.3) is 0 Å². The van der Waals surface area contributed by atoms with Crippen LogP contribution in [0.5, 0.6) is 0 Å². The Balaban J connectivity index is 2.83. The molecule has 0 saturated carbocycles. The van der Waals surface area contributed by atoms with E-state index in [-0.39, 0.29) is 13.0 Å².